The summed E-state index contributed by atoms with van der Waals surface area (Å²) in [7, 11) is -1.98. The molecule has 0 saturated carbocycles. The Labute approximate surface area is 164 Å². The SMILES string of the molecule is CCS(=O)(=O)c1ccccc1C(=O)OCC(=O)NCCc1ccc(OC)cc1. The topological polar surface area (TPSA) is 98.8 Å². The molecule has 0 spiro atoms. The first-order chi connectivity index (χ1) is 13.4. The molecule has 0 saturated heterocycles. The van der Waals surface area contributed by atoms with Crippen LogP contribution in [0.5, 0.6) is 5.75 Å². The first-order valence-electron chi connectivity index (χ1n) is 8.76. The molecule has 2 aromatic rings. The normalized spacial score (nSPS) is 10.9. The highest BCUT2D eigenvalue weighted by molar-refractivity contribution is 7.91. The molecule has 8 heteroatoms. The van der Waals surface area contributed by atoms with Crippen molar-refractivity contribution in [1.82, 2.24) is 5.32 Å². The van der Waals surface area contributed by atoms with Crippen molar-refractivity contribution in [3.63, 3.8) is 0 Å². The van der Waals surface area contributed by atoms with Crippen LogP contribution < -0.4 is 10.1 Å². The van der Waals surface area contributed by atoms with Gasteiger partial charge in [-0.25, -0.2) is 13.2 Å². The summed E-state index contributed by atoms with van der Waals surface area (Å²) in [5.74, 6) is -0.691. The number of hydrogen-bond acceptors (Lipinski definition) is 6. The van der Waals surface area contributed by atoms with Crippen LogP contribution in [0, 0.1) is 0 Å². The third kappa shape index (κ3) is 5.82. The van der Waals surface area contributed by atoms with Crippen molar-refractivity contribution < 1.29 is 27.5 Å². The molecule has 0 aromatic heterocycles. The minimum absolute atomic E-state index is 0.0737. The van der Waals surface area contributed by atoms with Crippen molar-refractivity contribution in [2.24, 2.45) is 0 Å². The highest BCUT2D eigenvalue weighted by atomic mass is 32.2. The summed E-state index contributed by atoms with van der Waals surface area (Å²) in [6.07, 6.45) is 0.612. The standard InChI is InChI=1S/C20H23NO6S/c1-3-28(24,25)18-7-5-4-6-17(18)20(23)27-14-19(22)21-13-12-15-8-10-16(26-2)11-9-15/h4-11H,3,12-14H2,1-2H3,(H,21,22). The fourth-order valence-electron chi connectivity index (χ4n) is 2.46. The highest BCUT2D eigenvalue weighted by Crippen LogP contribution is 2.18. The van der Waals surface area contributed by atoms with Crippen LogP contribution >= 0.6 is 0 Å². The maximum absolute atomic E-state index is 12.2. The average molecular weight is 405 g/mol. The maximum Gasteiger partial charge on any atom is 0.339 e. The van der Waals surface area contributed by atoms with Gasteiger partial charge in [-0.1, -0.05) is 31.2 Å². The second kappa shape index (κ2) is 9.89. The molecule has 0 aliphatic heterocycles. The quantitative estimate of drug-likeness (QED) is 0.641. The van der Waals surface area contributed by atoms with Gasteiger partial charge in [0.15, 0.2) is 16.4 Å². The first-order valence-corrected chi connectivity index (χ1v) is 10.4. The molecule has 0 aliphatic rings. The van der Waals surface area contributed by atoms with Crippen molar-refractivity contribution in [2.45, 2.75) is 18.2 Å². The lowest BCUT2D eigenvalue weighted by atomic mass is 10.1. The fourth-order valence-corrected chi connectivity index (χ4v) is 3.54. The largest absolute Gasteiger partial charge is 0.497 e. The minimum Gasteiger partial charge on any atom is -0.497 e. The van der Waals surface area contributed by atoms with E-state index in [0.29, 0.717) is 13.0 Å². The van der Waals surface area contributed by atoms with Gasteiger partial charge in [0.1, 0.15) is 5.75 Å². The van der Waals surface area contributed by atoms with Gasteiger partial charge in [-0.3, -0.25) is 4.79 Å². The van der Waals surface area contributed by atoms with E-state index in [1.807, 2.05) is 24.3 Å². The van der Waals surface area contributed by atoms with Crippen molar-refractivity contribution in [3.05, 3.63) is 59.7 Å². The predicted molar refractivity (Wildman–Crippen MR) is 104 cm³/mol. The molecule has 2 aromatic carbocycles. The molecular formula is C20H23NO6S. The van der Waals surface area contributed by atoms with E-state index in [1.165, 1.54) is 25.1 Å². The molecule has 0 heterocycles. The molecule has 0 aliphatic carbocycles. The molecule has 7 nitrogen and oxygen atoms in total. The second-order valence-corrected chi connectivity index (χ2v) is 8.17. The molecule has 0 radical (unpaired) electrons. The van der Waals surface area contributed by atoms with Crippen molar-refractivity contribution in [2.75, 3.05) is 26.0 Å². The van der Waals surface area contributed by atoms with E-state index in [1.54, 1.807) is 13.2 Å². The zero-order chi connectivity index (χ0) is 20.6. The van der Waals surface area contributed by atoms with Gasteiger partial charge in [0.2, 0.25) is 0 Å². The summed E-state index contributed by atoms with van der Waals surface area (Å²) in [6.45, 7) is 1.39. The van der Waals surface area contributed by atoms with Gasteiger partial charge in [-0.15, -0.1) is 0 Å². The van der Waals surface area contributed by atoms with E-state index < -0.39 is 28.3 Å². The summed E-state index contributed by atoms with van der Waals surface area (Å²) >= 11 is 0. The average Bonchev–Trinajstić information content (AvgIpc) is 2.72. The monoisotopic (exact) mass is 405 g/mol. The van der Waals surface area contributed by atoms with Crippen LogP contribution in [0.2, 0.25) is 0 Å². The van der Waals surface area contributed by atoms with E-state index in [9.17, 15) is 18.0 Å². The van der Waals surface area contributed by atoms with Crippen molar-refractivity contribution in [1.29, 1.82) is 0 Å². The van der Waals surface area contributed by atoms with Crippen LogP contribution in [0.25, 0.3) is 0 Å². The Morgan fingerprint density at radius 2 is 1.71 bits per heavy atom. The Morgan fingerprint density at radius 1 is 1.04 bits per heavy atom. The van der Waals surface area contributed by atoms with Gasteiger partial charge in [0.05, 0.1) is 23.3 Å². The predicted octanol–water partition coefficient (Wildman–Crippen LogP) is 2.00. The number of methoxy groups -OCH3 is 1. The molecule has 0 atom stereocenters. The molecule has 1 amide bonds. The molecule has 0 unspecified atom stereocenters. The number of nitrogens with one attached hydrogen (secondary N) is 1. The summed E-state index contributed by atoms with van der Waals surface area (Å²) in [5.41, 5.74) is 0.951. The second-order valence-electron chi connectivity index (χ2n) is 5.92. The maximum atomic E-state index is 12.2. The van der Waals surface area contributed by atoms with E-state index in [4.69, 9.17) is 9.47 Å². The lowest BCUT2D eigenvalue weighted by molar-refractivity contribution is -0.124. The lowest BCUT2D eigenvalue weighted by Gasteiger charge is -2.10. The van der Waals surface area contributed by atoms with E-state index >= 15 is 0 Å². The number of carbonyl (C=O) groups excluding carboxylic acids is 2. The molecule has 0 bridgehead atoms. The molecule has 28 heavy (non-hydrogen) atoms. The lowest BCUT2D eigenvalue weighted by Crippen LogP contribution is -2.30. The number of benzene rings is 2. The number of esters is 1. The molecule has 0 fully saturated rings. The van der Waals surface area contributed by atoms with Crippen molar-refractivity contribution in [3.8, 4) is 5.75 Å². The zero-order valence-corrected chi connectivity index (χ0v) is 16.6. The number of amides is 1. The number of rotatable bonds is 9. The van der Waals surface area contributed by atoms with Gasteiger partial charge in [-0.2, -0.15) is 0 Å². The van der Waals surface area contributed by atoms with Gasteiger partial charge >= 0.3 is 5.97 Å². The van der Waals surface area contributed by atoms with Gasteiger partial charge in [0, 0.05) is 6.54 Å². The number of sulfone groups is 1. The molecule has 150 valence electrons. The molecule has 2 rings (SSSR count). The number of carbonyl (C=O) groups is 2. The summed E-state index contributed by atoms with van der Waals surface area (Å²) < 4.78 is 34.2. The fraction of sp³-hybridized carbons (Fsp3) is 0.300. The summed E-state index contributed by atoms with van der Waals surface area (Å²) in [6, 6.07) is 13.3. The first kappa shape index (κ1) is 21.4. The van der Waals surface area contributed by atoms with Gasteiger partial charge < -0.3 is 14.8 Å². The Bertz CT molecular complexity index is 922. The van der Waals surface area contributed by atoms with Gasteiger partial charge in [-0.05, 0) is 36.2 Å². The minimum atomic E-state index is -3.57. The van der Waals surface area contributed by atoms with Crippen molar-refractivity contribution >= 4 is 21.7 Å². The van der Waals surface area contributed by atoms with E-state index in [-0.39, 0.29) is 16.2 Å². The summed E-state index contributed by atoms with van der Waals surface area (Å²) in [5, 5.41) is 2.66. The third-order valence-corrected chi connectivity index (χ3v) is 5.84. The zero-order valence-electron chi connectivity index (χ0n) is 15.8. The Kier molecular flexibility index (Phi) is 7.57. The highest BCUT2D eigenvalue weighted by Gasteiger charge is 2.22. The Hall–Kier alpha value is -2.87. The van der Waals surface area contributed by atoms with E-state index in [0.717, 1.165) is 11.3 Å². The van der Waals surface area contributed by atoms with Crippen LogP contribution in [0.15, 0.2) is 53.4 Å². The van der Waals surface area contributed by atoms with Crippen LogP contribution in [-0.2, 0) is 25.8 Å². The molecule has 1 N–H and O–H groups in total. The Morgan fingerprint density at radius 3 is 2.36 bits per heavy atom. The summed E-state index contributed by atoms with van der Waals surface area (Å²) in [4.78, 5) is 24.0. The van der Waals surface area contributed by atoms with Crippen LogP contribution in [0.3, 0.4) is 0 Å². The van der Waals surface area contributed by atoms with Crippen LogP contribution in [0.1, 0.15) is 22.8 Å². The number of hydrogen-bond donors (Lipinski definition) is 1. The molecular weight excluding hydrogens is 382 g/mol. The Balaban J connectivity index is 1.85. The third-order valence-electron chi connectivity index (χ3n) is 4.05. The number of ether oxygens (including phenoxy) is 2. The van der Waals surface area contributed by atoms with E-state index in [2.05, 4.69) is 5.32 Å². The van der Waals surface area contributed by atoms with Gasteiger partial charge in [0.25, 0.3) is 5.91 Å². The smallest absolute Gasteiger partial charge is 0.339 e. The van der Waals surface area contributed by atoms with Crippen LogP contribution in [0.4, 0.5) is 0 Å². The van der Waals surface area contributed by atoms with Crippen LogP contribution in [-0.4, -0.2) is 46.3 Å².